The van der Waals surface area contributed by atoms with Crippen LogP contribution in [-0.4, -0.2) is 41.5 Å². The number of cyclic esters (lactones) is 1. The van der Waals surface area contributed by atoms with Gasteiger partial charge in [-0.1, -0.05) is 88.3 Å². The summed E-state index contributed by atoms with van der Waals surface area (Å²) in [6, 6.07) is 18.1. The summed E-state index contributed by atoms with van der Waals surface area (Å²) >= 11 is 0. The highest BCUT2D eigenvalue weighted by molar-refractivity contribution is 6.74. The molecule has 3 heterocycles. The van der Waals surface area contributed by atoms with Crippen molar-refractivity contribution in [3.63, 3.8) is 0 Å². The van der Waals surface area contributed by atoms with E-state index in [-0.39, 0.29) is 30.1 Å². The van der Waals surface area contributed by atoms with Crippen molar-refractivity contribution >= 4 is 25.2 Å². The van der Waals surface area contributed by atoms with Crippen molar-refractivity contribution < 1.29 is 14.0 Å². The van der Waals surface area contributed by atoms with E-state index in [1.165, 1.54) is 0 Å². The topological polar surface area (TPSA) is 118 Å². The lowest BCUT2D eigenvalue weighted by Crippen LogP contribution is -2.50. The summed E-state index contributed by atoms with van der Waals surface area (Å²) in [5, 5.41) is 4.86. The molecule has 9 nitrogen and oxygen atoms in total. The molecule has 43 heavy (non-hydrogen) atoms. The largest absolute Gasteiger partial charge is 0.455 e. The SMILES string of the molecule is CC1(C)c2ncn(Cc3ccccc3)c2C(CN=[N+]=[N-])OC(=O)Cc2c([nH]c3ccccc23)CC1O[Si](C)(C)C(C)(C)C. The Morgan fingerprint density at radius 3 is 2.56 bits per heavy atom. The van der Waals surface area contributed by atoms with Gasteiger partial charge < -0.3 is 18.7 Å². The van der Waals surface area contributed by atoms with Crippen molar-refractivity contribution in [1.82, 2.24) is 14.5 Å². The van der Waals surface area contributed by atoms with Gasteiger partial charge in [-0.2, -0.15) is 0 Å². The Labute approximate surface area is 254 Å². The second-order valence-electron chi connectivity index (χ2n) is 13.6. The number of aromatic nitrogens is 3. The molecule has 2 unspecified atom stereocenters. The summed E-state index contributed by atoms with van der Waals surface area (Å²) in [6.45, 7) is 16.1. The van der Waals surface area contributed by atoms with E-state index in [1.807, 2.05) is 47.0 Å². The lowest BCUT2D eigenvalue weighted by atomic mass is 9.79. The summed E-state index contributed by atoms with van der Waals surface area (Å²) in [4.78, 5) is 25.3. The van der Waals surface area contributed by atoms with Crippen molar-refractivity contribution in [3.8, 4) is 0 Å². The molecule has 0 aliphatic carbocycles. The molecule has 4 aromatic rings. The third-order valence-corrected chi connectivity index (χ3v) is 13.7. The number of nitrogens with one attached hydrogen (secondary N) is 1. The number of nitrogens with zero attached hydrogens (tertiary/aromatic N) is 5. The van der Waals surface area contributed by atoms with E-state index >= 15 is 0 Å². The number of imidazole rings is 1. The molecule has 0 fully saturated rings. The molecule has 1 N–H and O–H groups in total. The fourth-order valence-electron chi connectivity index (χ4n) is 5.71. The first-order chi connectivity index (χ1) is 20.3. The number of ether oxygens (including phenoxy) is 1. The molecule has 0 amide bonds. The van der Waals surface area contributed by atoms with Crippen molar-refractivity contribution in [3.05, 3.63) is 99.6 Å². The Kier molecular flexibility index (Phi) is 8.31. The minimum absolute atomic E-state index is 0.0167. The maximum atomic E-state index is 13.7. The van der Waals surface area contributed by atoms with Gasteiger partial charge in [0.25, 0.3) is 0 Å². The number of H-pyrrole nitrogens is 1. The van der Waals surface area contributed by atoms with E-state index in [0.717, 1.165) is 39.1 Å². The zero-order valence-corrected chi connectivity index (χ0v) is 27.2. The third-order valence-electron chi connectivity index (χ3n) is 9.23. The molecule has 5 rings (SSSR count). The van der Waals surface area contributed by atoms with Crippen LogP contribution in [-0.2, 0) is 38.8 Å². The molecule has 1 aliphatic rings. The van der Waals surface area contributed by atoms with Crippen LogP contribution in [0.4, 0.5) is 0 Å². The Balaban J connectivity index is 1.73. The van der Waals surface area contributed by atoms with Gasteiger partial charge in [0.2, 0.25) is 0 Å². The van der Waals surface area contributed by atoms with Gasteiger partial charge in [0, 0.05) is 39.9 Å². The second-order valence-corrected chi connectivity index (χ2v) is 18.3. The fourth-order valence-corrected chi connectivity index (χ4v) is 7.16. The maximum Gasteiger partial charge on any atom is 0.311 e. The number of para-hydroxylation sites is 1. The zero-order valence-electron chi connectivity index (χ0n) is 26.2. The first-order valence-corrected chi connectivity index (χ1v) is 17.8. The van der Waals surface area contributed by atoms with Crippen LogP contribution in [0.3, 0.4) is 0 Å². The molecule has 0 radical (unpaired) electrons. The molecule has 0 bridgehead atoms. The van der Waals surface area contributed by atoms with Gasteiger partial charge >= 0.3 is 5.97 Å². The van der Waals surface area contributed by atoms with Gasteiger partial charge in [-0.05, 0) is 40.9 Å². The third kappa shape index (κ3) is 6.13. The van der Waals surface area contributed by atoms with Gasteiger partial charge in [-0.25, -0.2) is 4.98 Å². The predicted molar refractivity (Wildman–Crippen MR) is 171 cm³/mol. The molecule has 2 aromatic carbocycles. The van der Waals surface area contributed by atoms with E-state index in [4.69, 9.17) is 14.1 Å². The second kappa shape index (κ2) is 11.7. The fraction of sp³-hybridized carbons (Fsp3) is 0.455. The van der Waals surface area contributed by atoms with Crippen LogP contribution >= 0.6 is 0 Å². The van der Waals surface area contributed by atoms with Gasteiger partial charge in [0.15, 0.2) is 8.32 Å². The number of rotatable bonds is 6. The number of fused-ring (bicyclic) bond motifs is 4. The maximum absolute atomic E-state index is 13.7. The van der Waals surface area contributed by atoms with E-state index in [9.17, 15) is 10.3 Å². The van der Waals surface area contributed by atoms with Crippen LogP contribution in [0.15, 0.2) is 66.0 Å². The number of carbonyl (C=O) groups is 1. The van der Waals surface area contributed by atoms with Gasteiger partial charge in [-0.15, -0.1) is 0 Å². The lowest BCUT2D eigenvalue weighted by Gasteiger charge is -2.44. The van der Waals surface area contributed by atoms with Crippen LogP contribution in [0.25, 0.3) is 21.3 Å². The van der Waals surface area contributed by atoms with E-state index in [2.05, 4.69) is 74.9 Å². The number of azide groups is 1. The number of benzene rings is 2. The summed E-state index contributed by atoms with van der Waals surface area (Å²) in [7, 11) is -2.26. The zero-order chi connectivity index (χ0) is 31.0. The summed E-state index contributed by atoms with van der Waals surface area (Å²) < 4.78 is 15.5. The highest BCUT2D eigenvalue weighted by atomic mass is 28.4. The summed E-state index contributed by atoms with van der Waals surface area (Å²) in [5.74, 6) is -0.385. The average Bonchev–Trinajstić information content (AvgIpc) is 3.51. The number of hydrogen-bond acceptors (Lipinski definition) is 5. The summed E-state index contributed by atoms with van der Waals surface area (Å²) in [5.41, 5.74) is 14.1. The number of hydrogen-bond donors (Lipinski definition) is 1. The van der Waals surface area contributed by atoms with E-state index in [0.29, 0.717) is 13.0 Å². The molecular formula is C33H42N6O3Si. The van der Waals surface area contributed by atoms with Crippen LogP contribution < -0.4 is 0 Å². The Hall–Kier alpha value is -3.85. The van der Waals surface area contributed by atoms with Crippen LogP contribution in [0, 0.1) is 0 Å². The first-order valence-electron chi connectivity index (χ1n) is 14.9. The van der Waals surface area contributed by atoms with Crippen LogP contribution in [0.5, 0.6) is 0 Å². The smallest absolute Gasteiger partial charge is 0.311 e. The molecule has 0 saturated heterocycles. The molecular weight excluding hydrogens is 556 g/mol. The van der Waals surface area contributed by atoms with E-state index < -0.39 is 19.8 Å². The van der Waals surface area contributed by atoms with Crippen LogP contribution in [0.2, 0.25) is 18.1 Å². The van der Waals surface area contributed by atoms with Crippen molar-refractivity contribution in [2.45, 2.75) is 89.8 Å². The normalized spacial score (nSPS) is 19.1. The molecule has 2 aromatic heterocycles. The molecule has 226 valence electrons. The lowest BCUT2D eigenvalue weighted by molar-refractivity contribution is -0.148. The van der Waals surface area contributed by atoms with Crippen molar-refractivity contribution in [1.29, 1.82) is 0 Å². The number of esters is 1. The van der Waals surface area contributed by atoms with Gasteiger partial charge in [0.05, 0.1) is 36.8 Å². The Morgan fingerprint density at radius 2 is 1.86 bits per heavy atom. The average molecular weight is 599 g/mol. The molecule has 2 atom stereocenters. The minimum atomic E-state index is -2.26. The van der Waals surface area contributed by atoms with Crippen LogP contribution in [0.1, 0.15) is 68.9 Å². The monoisotopic (exact) mass is 598 g/mol. The molecule has 0 saturated carbocycles. The van der Waals surface area contributed by atoms with Crippen molar-refractivity contribution in [2.24, 2.45) is 5.11 Å². The van der Waals surface area contributed by atoms with Gasteiger partial charge in [0.1, 0.15) is 6.10 Å². The van der Waals surface area contributed by atoms with E-state index in [1.54, 1.807) is 6.33 Å². The number of carbonyl (C=O) groups excluding carboxylic acids is 1. The quantitative estimate of drug-likeness (QED) is 0.0801. The Morgan fingerprint density at radius 1 is 1.16 bits per heavy atom. The number of aromatic amines is 1. The summed E-state index contributed by atoms with van der Waals surface area (Å²) in [6.07, 6.45) is 1.38. The van der Waals surface area contributed by atoms with Gasteiger partial charge in [-0.3, -0.25) is 4.79 Å². The highest BCUT2D eigenvalue weighted by Gasteiger charge is 2.46. The van der Waals surface area contributed by atoms with Crippen molar-refractivity contribution in [2.75, 3.05) is 6.54 Å². The predicted octanol–water partition coefficient (Wildman–Crippen LogP) is 7.77. The first kappa shape index (κ1) is 30.6. The Bertz CT molecular complexity index is 1660. The molecule has 10 heteroatoms. The minimum Gasteiger partial charge on any atom is -0.455 e. The highest BCUT2D eigenvalue weighted by Crippen LogP contribution is 2.43. The standard InChI is InChI=1S/C33H42N6O3Si/c1-32(2,3)43(6,7)42-28-18-26-24(23-15-11-12-16-25(23)37-26)17-29(40)41-27(19-36-38-34)30-31(33(28,4)5)35-21-39(30)20-22-13-9-8-10-14-22/h8-16,21,27-28,37H,17-20H2,1-7H3. The molecule has 1 aliphatic heterocycles. The molecule has 0 spiro atoms.